The van der Waals surface area contributed by atoms with Crippen molar-refractivity contribution in [3.8, 4) is 0 Å². The zero-order valence-electron chi connectivity index (χ0n) is 6.28. The molecule has 0 bridgehead atoms. The van der Waals surface area contributed by atoms with Crippen molar-refractivity contribution in [2.45, 2.75) is 0 Å². The summed E-state index contributed by atoms with van der Waals surface area (Å²) in [6.07, 6.45) is 1.81. The minimum Gasteiger partial charge on any atom is -0.400 e. The average molecular weight is 150 g/mol. The molecular formula is C8H10N2O. The van der Waals surface area contributed by atoms with Gasteiger partial charge in [-0.2, -0.15) is 5.10 Å². The molecular weight excluding hydrogens is 140 g/mol. The fourth-order valence-corrected chi connectivity index (χ4v) is 0.883. The second kappa shape index (κ2) is 3.73. The third-order valence-corrected chi connectivity index (χ3v) is 1.35. The Balaban J connectivity index is 0.000000281. The maximum absolute atomic E-state index is 7.00. The van der Waals surface area contributed by atoms with E-state index in [2.05, 4.69) is 10.2 Å². The molecule has 0 fully saturated rings. The third kappa shape index (κ3) is 1.56. The van der Waals surface area contributed by atoms with Crippen LogP contribution in [0, 0.1) is 0 Å². The monoisotopic (exact) mass is 150 g/mol. The Morgan fingerprint density at radius 3 is 2.73 bits per heavy atom. The van der Waals surface area contributed by atoms with Gasteiger partial charge in [0.2, 0.25) is 0 Å². The summed E-state index contributed by atoms with van der Waals surface area (Å²) >= 11 is 0. The zero-order valence-corrected chi connectivity index (χ0v) is 6.28. The molecule has 0 saturated heterocycles. The summed E-state index contributed by atoms with van der Waals surface area (Å²) in [6, 6.07) is 8.01. The number of aliphatic hydroxyl groups is 1. The highest BCUT2D eigenvalue weighted by atomic mass is 16.2. The van der Waals surface area contributed by atoms with Gasteiger partial charge in [0, 0.05) is 12.5 Å². The molecule has 0 saturated carbocycles. The van der Waals surface area contributed by atoms with Crippen LogP contribution in [0.2, 0.25) is 0 Å². The SMILES string of the molecule is CO.c1ccc2[nH]ncc2c1. The van der Waals surface area contributed by atoms with E-state index in [-0.39, 0.29) is 0 Å². The first-order valence-corrected chi connectivity index (χ1v) is 3.30. The van der Waals surface area contributed by atoms with Crippen LogP contribution in [-0.4, -0.2) is 22.4 Å². The second-order valence-corrected chi connectivity index (χ2v) is 1.96. The van der Waals surface area contributed by atoms with Crippen LogP contribution in [0.15, 0.2) is 30.5 Å². The molecule has 1 aromatic heterocycles. The highest BCUT2D eigenvalue weighted by Gasteiger charge is 1.88. The van der Waals surface area contributed by atoms with Gasteiger partial charge in [0.1, 0.15) is 0 Å². The molecule has 3 heteroatoms. The lowest BCUT2D eigenvalue weighted by Gasteiger charge is -1.81. The number of benzene rings is 1. The van der Waals surface area contributed by atoms with Crippen molar-refractivity contribution in [1.82, 2.24) is 10.2 Å². The number of hydrogen-bond donors (Lipinski definition) is 2. The van der Waals surface area contributed by atoms with Crippen molar-refractivity contribution in [2.75, 3.05) is 7.11 Å². The molecule has 0 aliphatic rings. The van der Waals surface area contributed by atoms with Gasteiger partial charge in [0.15, 0.2) is 0 Å². The number of rotatable bonds is 0. The van der Waals surface area contributed by atoms with E-state index in [4.69, 9.17) is 5.11 Å². The van der Waals surface area contributed by atoms with Gasteiger partial charge in [-0.3, -0.25) is 5.10 Å². The van der Waals surface area contributed by atoms with Gasteiger partial charge in [-0.15, -0.1) is 0 Å². The van der Waals surface area contributed by atoms with E-state index in [1.165, 1.54) is 0 Å². The van der Waals surface area contributed by atoms with Crippen molar-refractivity contribution in [1.29, 1.82) is 0 Å². The summed E-state index contributed by atoms with van der Waals surface area (Å²) in [4.78, 5) is 0. The molecule has 0 spiro atoms. The topological polar surface area (TPSA) is 48.9 Å². The van der Waals surface area contributed by atoms with Crippen molar-refractivity contribution in [2.24, 2.45) is 0 Å². The maximum atomic E-state index is 7.00. The van der Waals surface area contributed by atoms with Crippen LogP contribution in [0.1, 0.15) is 0 Å². The molecule has 3 nitrogen and oxygen atoms in total. The molecule has 2 rings (SSSR count). The lowest BCUT2D eigenvalue weighted by atomic mass is 10.3. The summed E-state index contributed by atoms with van der Waals surface area (Å²) in [6.45, 7) is 0. The summed E-state index contributed by atoms with van der Waals surface area (Å²) in [7, 11) is 1.00. The van der Waals surface area contributed by atoms with E-state index in [0.717, 1.165) is 18.0 Å². The number of nitrogens with zero attached hydrogens (tertiary/aromatic N) is 1. The molecule has 2 aromatic rings. The van der Waals surface area contributed by atoms with Crippen LogP contribution >= 0.6 is 0 Å². The van der Waals surface area contributed by atoms with E-state index in [0.29, 0.717) is 0 Å². The Morgan fingerprint density at radius 2 is 2.00 bits per heavy atom. The molecule has 0 radical (unpaired) electrons. The number of aliphatic hydroxyl groups excluding tert-OH is 1. The van der Waals surface area contributed by atoms with Crippen LogP contribution in [0.4, 0.5) is 0 Å². The van der Waals surface area contributed by atoms with Gasteiger partial charge < -0.3 is 5.11 Å². The van der Waals surface area contributed by atoms with Gasteiger partial charge in [-0.05, 0) is 6.07 Å². The van der Waals surface area contributed by atoms with Crippen molar-refractivity contribution < 1.29 is 5.11 Å². The predicted molar refractivity (Wildman–Crippen MR) is 44.2 cm³/mol. The van der Waals surface area contributed by atoms with Crippen molar-refractivity contribution in [3.05, 3.63) is 30.5 Å². The first kappa shape index (κ1) is 7.75. The molecule has 58 valence electrons. The third-order valence-electron chi connectivity index (χ3n) is 1.35. The molecule has 1 heterocycles. The van der Waals surface area contributed by atoms with Gasteiger partial charge in [0.25, 0.3) is 0 Å². The lowest BCUT2D eigenvalue weighted by molar-refractivity contribution is 0.399. The molecule has 1 aromatic carbocycles. The largest absolute Gasteiger partial charge is 0.400 e. The smallest absolute Gasteiger partial charge is 0.0650 e. The van der Waals surface area contributed by atoms with E-state index in [9.17, 15) is 0 Å². The number of aromatic amines is 1. The van der Waals surface area contributed by atoms with Crippen LogP contribution < -0.4 is 0 Å². The quantitative estimate of drug-likeness (QED) is 0.592. The summed E-state index contributed by atoms with van der Waals surface area (Å²) in [5.41, 5.74) is 1.09. The first-order valence-electron chi connectivity index (χ1n) is 3.30. The molecule has 0 unspecified atom stereocenters. The molecule has 2 N–H and O–H groups in total. The molecule has 11 heavy (non-hydrogen) atoms. The molecule has 0 aliphatic carbocycles. The minimum absolute atomic E-state index is 1.00. The second-order valence-electron chi connectivity index (χ2n) is 1.96. The number of para-hydroxylation sites is 1. The van der Waals surface area contributed by atoms with E-state index in [1.807, 2.05) is 30.5 Å². The summed E-state index contributed by atoms with van der Waals surface area (Å²) < 4.78 is 0. The molecule has 0 amide bonds. The highest BCUT2D eigenvalue weighted by Crippen LogP contribution is 2.06. The Hall–Kier alpha value is -1.35. The maximum Gasteiger partial charge on any atom is 0.0650 e. The zero-order chi connectivity index (χ0) is 8.10. The number of hydrogen-bond acceptors (Lipinski definition) is 2. The highest BCUT2D eigenvalue weighted by molar-refractivity contribution is 5.77. The first-order chi connectivity index (χ1) is 5.47. The standard InChI is InChI=1S/C7H6N2.CH4O/c1-2-4-7-6(3-1)5-8-9-7;1-2/h1-5H,(H,8,9);2H,1H3. The van der Waals surface area contributed by atoms with Gasteiger partial charge in [-0.1, -0.05) is 18.2 Å². The van der Waals surface area contributed by atoms with Crippen LogP contribution in [0.25, 0.3) is 10.9 Å². The van der Waals surface area contributed by atoms with Crippen LogP contribution in [0.3, 0.4) is 0 Å². The Bertz CT molecular complexity index is 286. The van der Waals surface area contributed by atoms with Crippen LogP contribution in [0.5, 0.6) is 0 Å². The van der Waals surface area contributed by atoms with Gasteiger partial charge in [-0.25, -0.2) is 0 Å². The van der Waals surface area contributed by atoms with Gasteiger partial charge >= 0.3 is 0 Å². The Labute approximate surface area is 64.7 Å². The predicted octanol–water partition coefficient (Wildman–Crippen LogP) is 1.17. The van der Waals surface area contributed by atoms with E-state index in [1.54, 1.807) is 0 Å². The molecule has 0 aliphatic heterocycles. The number of nitrogens with one attached hydrogen (secondary N) is 1. The average Bonchev–Trinajstić information content (AvgIpc) is 2.55. The summed E-state index contributed by atoms with van der Waals surface area (Å²) in [5, 5.41) is 14.9. The summed E-state index contributed by atoms with van der Waals surface area (Å²) in [5.74, 6) is 0. The van der Waals surface area contributed by atoms with Crippen molar-refractivity contribution >= 4 is 10.9 Å². The number of aromatic nitrogens is 2. The minimum atomic E-state index is 1.00. The Morgan fingerprint density at radius 1 is 1.27 bits per heavy atom. The molecule has 0 atom stereocenters. The Kier molecular flexibility index (Phi) is 2.63. The fourth-order valence-electron chi connectivity index (χ4n) is 0.883. The van der Waals surface area contributed by atoms with Gasteiger partial charge in [0.05, 0.1) is 11.7 Å². The number of fused-ring (bicyclic) bond motifs is 1. The van der Waals surface area contributed by atoms with Crippen LogP contribution in [-0.2, 0) is 0 Å². The van der Waals surface area contributed by atoms with Crippen molar-refractivity contribution in [3.63, 3.8) is 0 Å². The number of H-pyrrole nitrogens is 1. The fraction of sp³-hybridized carbons (Fsp3) is 0.125. The lowest BCUT2D eigenvalue weighted by Crippen LogP contribution is -1.63. The van der Waals surface area contributed by atoms with E-state index >= 15 is 0 Å². The normalized spacial score (nSPS) is 8.91. The van der Waals surface area contributed by atoms with E-state index < -0.39 is 0 Å².